The van der Waals surface area contributed by atoms with Crippen molar-refractivity contribution in [1.82, 2.24) is 19.8 Å². The lowest BCUT2D eigenvalue weighted by Gasteiger charge is -2.39. The van der Waals surface area contributed by atoms with Gasteiger partial charge in [-0.3, -0.25) is 4.79 Å². The molecule has 2 aliphatic heterocycles. The number of imidazole rings is 1. The fourth-order valence-corrected chi connectivity index (χ4v) is 4.39. The van der Waals surface area contributed by atoms with Gasteiger partial charge in [0.2, 0.25) is 5.91 Å². The van der Waals surface area contributed by atoms with Crippen molar-refractivity contribution < 1.29 is 4.79 Å². The maximum absolute atomic E-state index is 11.9. The van der Waals surface area contributed by atoms with Gasteiger partial charge in [0.1, 0.15) is 0 Å². The summed E-state index contributed by atoms with van der Waals surface area (Å²) in [5.41, 5.74) is 2.14. The Labute approximate surface area is 201 Å². The summed E-state index contributed by atoms with van der Waals surface area (Å²) in [7, 11) is 0. The molecule has 1 aromatic heterocycles. The summed E-state index contributed by atoms with van der Waals surface area (Å²) in [5, 5.41) is 3.46. The van der Waals surface area contributed by atoms with Gasteiger partial charge < -0.3 is 19.7 Å². The van der Waals surface area contributed by atoms with Gasteiger partial charge in [-0.1, -0.05) is 19.1 Å². The Morgan fingerprint density at radius 2 is 2.06 bits per heavy atom. The molecule has 2 atom stereocenters. The molecule has 7 nitrogen and oxygen atoms in total. The number of halogens is 1. The van der Waals surface area contributed by atoms with Crippen molar-refractivity contribution in [3.05, 3.63) is 48.5 Å². The number of hydrogen-bond acceptors (Lipinski definition) is 3. The molecule has 31 heavy (non-hydrogen) atoms. The number of guanidine groups is 1. The summed E-state index contributed by atoms with van der Waals surface area (Å²) in [6, 6.07) is 8.65. The first-order valence-electron chi connectivity index (χ1n) is 11.1. The lowest BCUT2D eigenvalue weighted by molar-refractivity contribution is -0.117. The summed E-state index contributed by atoms with van der Waals surface area (Å²) < 4.78 is 2.22. The van der Waals surface area contributed by atoms with Crippen molar-refractivity contribution in [3.8, 4) is 0 Å². The first-order valence-corrected chi connectivity index (χ1v) is 11.1. The number of nitrogens with one attached hydrogen (secondary N) is 1. The van der Waals surface area contributed by atoms with E-state index in [1.807, 2.05) is 29.6 Å². The molecule has 4 rings (SSSR count). The van der Waals surface area contributed by atoms with Crippen LogP contribution < -0.4 is 10.2 Å². The van der Waals surface area contributed by atoms with Crippen LogP contribution in [0.4, 0.5) is 5.69 Å². The fraction of sp³-hybridized carbons (Fsp3) is 0.522. The molecule has 2 saturated heterocycles. The van der Waals surface area contributed by atoms with Crippen molar-refractivity contribution in [2.24, 2.45) is 10.9 Å². The zero-order valence-electron chi connectivity index (χ0n) is 18.4. The van der Waals surface area contributed by atoms with Gasteiger partial charge in [0.15, 0.2) is 5.96 Å². The van der Waals surface area contributed by atoms with Gasteiger partial charge in [-0.25, -0.2) is 9.98 Å². The molecule has 1 amide bonds. The molecule has 0 spiro atoms. The SMILES string of the molecule is CCNC(=NCc1ccc(N2CCCC2=O)cc1)N1CCC(C)C(n2ccnc2)C1.I. The zero-order valence-corrected chi connectivity index (χ0v) is 20.7. The molecular weight excluding hydrogens is 503 g/mol. The number of amides is 1. The number of carbonyl (C=O) groups excluding carboxylic acids is 1. The average Bonchev–Trinajstić information content (AvgIpc) is 3.44. The van der Waals surface area contributed by atoms with Gasteiger partial charge in [0.05, 0.1) is 18.9 Å². The van der Waals surface area contributed by atoms with Crippen molar-refractivity contribution in [2.75, 3.05) is 31.1 Å². The molecule has 3 heterocycles. The van der Waals surface area contributed by atoms with Crippen LogP contribution in [0.5, 0.6) is 0 Å². The van der Waals surface area contributed by atoms with Crippen molar-refractivity contribution >= 4 is 41.5 Å². The number of likely N-dealkylation sites (tertiary alicyclic amines) is 1. The molecular formula is C23H33IN6O. The summed E-state index contributed by atoms with van der Waals surface area (Å²) in [6.45, 7) is 8.66. The Balaban J connectivity index is 0.00000272. The number of benzene rings is 1. The molecule has 2 aromatic rings. The van der Waals surface area contributed by atoms with Crippen LogP contribution in [0.25, 0.3) is 0 Å². The van der Waals surface area contributed by atoms with Crippen LogP contribution in [0.1, 0.15) is 44.7 Å². The Bertz CT molecular complexity index is 867. The van der Waals surface area contributed by atoms with Crippen LogP contribution in [-0.4, -0.2) is 52.5 Å². The first-order chi connectivity index (χ1) is 14.7. The number of nitrogens with zero attached hydrogens (tertiary/aromatic N) is 5. The molecule has 1 N–H and O–H groups in total. The predicted molar refractivity (Wildman–Crippen MR) is 135 cm³/mol. The highest BCUT2D eigenvalue weighted by Gasteiger charge is 2.29. The molecule has 2 unspecified atom stereocenters. The smallest absolute Gasteiger partial charge is 0.227 e. The van der Waals surface area contributed by atoms with E-state index in [0.29, 0.717) is 24.9 Å². The van der Waals surface area contributed by atoms with Crippen LogP contribution >= 0.6 is 24.0 Å². The standard InChI is InChI=1S/C23H32N6O.HI/c1-3-25-23(27-13-10-18(2)21(16-27)28-14-11-24-17-28)26-15-19-6-8-20(9-7-19)29-12-4-5-22(29)30;/h6-9,11,14,17-18,21H,3-5,10,12-13,15-16H2,1-2H3,(H,25,26);1H. The summed E-state index contributed by atoms with van der Waals surface area (Å²) >= 11 is 0. The maximum atomic E-state index is 11.9. The van der Waals surface area contributed by atoms with E-state index in [0.717, 1.165) is 56.2 Å². The third-order valence-electron chi connectivity index (χ3n) is 6.19. The highest BCUT2D eigenvalue weighted by Crippen LogP contribution is 2.27. The predicted octanol–water partition coefficient (Wildman–Crippen LogP) is 3.68. The quantitative estimate of drug-likeness (QED) is 0.360. The van der Waals surface area contributed by atoms with Gasteiger partial charge in [0, 0.05) is 50.7 Å². The highest BCUT2D eigenvalue weighted by molar-refractivity contribution is 14.0. The summed E-state index contributed by atoms with van der Waals surface area (Å²) in [4.78, 5) is 25.3. The second kappa shape index (κ2) is 11.0. The Morgan fingerprint density at radius 1 is 1.26 bits per heavy atom. The van der Waals surface area contributed by atoms with E-state index in [9.17, 15) is 4.79 Å². The zero-order chi connectivity index (χ0) is 20.9. The molecule has 2 aliphatic rings. The van der Waals surface area contributed by atoms with Crippen LogP contribution in [0.15, 0.2) is 48.0 Å². The molecule has 8 heteroatoms. The van der Waals surface area contributed by atoms with Crippen molar-refractivity contribution in [3.63, 3.8) is 0 Å². The molecule has 0 bridgehead atoms. The van der Waals surface area contributed by atoms with Crippen molar-refractivity contribution in [1.29, 1.82) is 0 Å². The second-order valence-electron chi connectivity index (χ2n) is 8.27. The van der Waals surface area contributed by atoms with E-state index in [4.69, 9.17) is 4.99 Å². The van der Waals surface area contributed by atoms with Gasteiger partial charge in [-0.2, -0.15) is 0 Å². The molecule has 0 saturated carbocycles. The second-order valence-corrected chi connectivity index (χ2v) is 8.27. The number of aromatic nitrogens is 2. The monoisotopic (exact) mass is 536 g/mol. The normalized spacial score (nSPS) is 21.9. The third kappa shape index (κ3) is 5.58. The fourth-order valence-electron chi connectivity index (χ4n) is 4.39. The average molecular weight is 536 g/mol. The maximum Gasteiger partial charge on any atom is 0.227 e. The van der Waals surface area contributed by atoms with Crippen LogP contribution in [0.3, 0.4) is 0 Å². The number of piperidine rings is 1. The minimum atomic E-state index is 0. The minimum absolute atomic E-state index is 0. The molecule has 1 aromatic carbocycles. The Kier molecular flexibility index (Phi) is 8.34. The van der Waals surface area contributed by atoms with E-state index in [-0.39, 0.29) is 29.9 Å². The number of aliphatic imine (C=N–C) groups is 1. The van der Waals surface area contributed by atoms with E-state index >= 15 is 0 Å². The van der Waals surface area contributed by atoms with Gasteiger partial charge >= 0.3 is 0 Å². The van der Waals surface area contributed by atoms with Crippen LogP contribution in [0, 0.1) is 5.92 Å². The summed E-state index contributed by atoms with van der Waals surface area (Å²) in [6.07, 6.45) is 8.57. The Hall–Kier alpha value is -2.10. The van der Waals surface area contributed by atoms with E-state index in [1.165, 1.54) is 0 Å². The van der Waals surface area contributed by atoms with E-state index in [1.54, 1.807) is 0 Å². The molecule has 168 valence electrons. The third-order valence-corrected chi connectivity index (χ3v) is 6.19. The largest absolute Gasteiger partial charge is 0.357 e. The van der Waals surface area contributed by atoms with Gasteiger partial charge in [0.25, 0.3) is 0 Å². The van der Waals surface area contributed by atoms with E-state index in [2.05, 4.69) is 51.9 Å². The number of anilines is 1. The number of rotatable bonds is 5. The number of carbonyl (C=O) groups is 1. The van der Waals surface area contributed by atoms with E-state index < -0.39 is 0 Å². The molecule has 2 fully saturated rings. The number of hydrogen-bond donors (Lipinski definition) is 1. The van der Waals surface area contributed by atoms with Crippen LogP contribution in [-0.2, 0) is 11.3 Å². The molecule has 0 aliphatic carbocycles. The lowest BCUT2D eigenvalue weighted by Crippen LogP contribution is -2.49. The molecule has 0 radical (unpaired) electrons. The summed E-state index contributed by atoms with van der Waals surface area (Å²) in [5.74, 6) is 1.80. The Morgan fingerprint density at radius 3 is 2.71 bits per heavy atom. The topological polar surface area (TPSA) is 65.8 Å². The first kappa shape index (κ1) is 23.6. The van der Waals surface area contributed by atoms with Crippen LogP contribution in [0.2, 0.25) is 0 Å². The van der Waals surface area contributed by atoms with Gasteiger partial charge in [-0.15, -0.1) is 24.0 Å². The highest BCUT2D eigenvalue weighted by atomic mass is 127. The van der Waals surface area contributed by atoms with Crippen molar-refractivity contribution in [2.45, 2.75) is 45.7 Å². The minimum Gasteiger partial charge on any atom is -0.357 e. The van der Waals surface area contributed by atoms with Gasteiger partial charge in [-0.05, 0) is 43.4 Å². The lowest BCUT2D eigenvalue weighted by atomic mass is 9.93.